The fraction of sp³-hybridized carbons (Fsp3) is 0.571. The van der Waals surface area contributed by atoms with Crippen LogP contribution in [0.1, 0.15) is 56.1 Å². The lowest BCUT2D eigenvalue weighted by Gasteiger charge is -2.44. The van der Waals surface area contributed by atoms with Crippen molar-refractivity contribution < 1.29 is 9.59 Å². The molecule has 29 heavy (non-hydrogen) atoms. The molecule has 2 amide bonds. The first-order chi connectivity index (χ1) is 13.9. The number of hydrogen-bond donors (Lipinski definition) is 4. The van der Waals surface area contributed by atoms with Crippen LogP contribution >= 0.6 is 11.6 Å². The molecule has 0 spiro atoms. The molecule has 1 aromatic carbocycles. The molecular formula is C21H30ClN5O2. The summed E-state index contributed by atoms with van der Waals surface area (Å²) in [4.78, 5) is 27.8. The Morgan fingerprint density at radius 1 is 1.24 bits per heavy atom. The number of benzene rings is 1. The third-order valence-electron chi connectivity index (χ3n) is 6.35. The molecular weight excluding hydrogens is 390 g/mol. The Kier molecular flexibility index (Phi) is 6.80. The van der Waals surface area contributed by atoms with Crippen molar-refractivity contribution in [2.45, 2.75) is 57.0 Å². The molecule has 0 unspecified atom stereocenters. The van der Waals surface area contributed by atoms with Gasteiger partial charge in [-0.2, -0.15) is 0 Å². The number of amides is 2. The number of nitrogens with zero attached hydrogens (tertiary/aromatic N) is 1. The first kappa shape index (κ1) is 21.6. The van der Waals surface area contributed by atoms with Crippen molar-refractivity contribution in [3.05, 3.63) is 34.3 Å². The molecule has 1 saturated carbocycles. The summed E-state index contributed by atoms with van der Waals surface area (Å²) in [5.74, 6) is -0.186. The van der Waals surface area contributed by atoms with Gasteiger partial charge in [0.25, 0.3) is 0 Å². The third kappa shape index (κ3) is 4.26. The van der Waals surface area contributed by atoms with E-state index < -0.39 is 5.54 Å². The molecule has 158 valence electrons. The van der Waals surface area contributed by atoms with Gasteiger partial charge in [-0.3, -0.25) is 15.0 Å². The highest BCUT2D eigenvalue weighted by molar-refractivity contribution is 6.34. The maximum absolute atomic E-state index is 13.5. The van der Waals surface area contributed by atoms with Crippen LogP contribution in [0.2, 0.25) is 5.02 Å². The number of carbonyl (C=O) groups is 2. The van der Waals surface area contributed by atoms with Gasteiger partial charge in [-0.15, -0.1) is 0 Å². The van der Waals surface area contributed by atoms with Crippen molar-refractivity contribution >= 4 is 29.3 Å². The highest BCUT2D eigenvalue weighted by Crippen LogP contribution is 2.43. The van der Waals surface area contributed by atoms with Crippen LogP contribution in [0.3, 0.4) is 0 Å². The van der Waals surface area contributed by atoms with Gasteiger partial charge >= 0.3 is 0 Å². The number of hydrogen-bond acceptors (Lipinski definition) is 4. The number of carbonyl (C=O) groups excluding carboxylic acids is 2. The summed E-state index contributed by atoms with van der Waals surface area (Å²) in [5, 5.41) is 11.0. The van der Waals surface area contributed by atoms with Crippen molar-refractivity contribution in [3.8, 4) is 0 Å². The minimum absolute atomic E-state index is 0.0795. The lowest BCUT2D eigenvalue weighted by molar-refractivity contribution is -0.148. The number of nitrogens with one attached hydrogen (secondary N) is 2. The van der Waals surface area contributed by atoms with Crippen LogP contribution in [0.5, 0.6) is 0 Å². The molecule has 1 aromatic rings. The Hall–Kier alpha value is -2.12. The van der Waals surface area contributed by atoms with Crippen LogP contribution in [-0.2, 0) is 16.1 Å². The Balaban J connectivity index is 1.81. The van der Waals surface area contributed by atoms with Crippen LogP contribution in [0, 0.1) is 11.3 Å². The molecule has 2 aliphatic rings. The second kappa shape index (κ2) is 9.13. The van der Waals surface area contributed by atoms with Crippen LogP contribution < -0.4 is 16.8 Å². The van der Waals surface area contributed by atoms with E-state index in [1.807, 2.05) is 0 Å². The number of halogens is 1. The summed E-state index contributed by atoms with van der Waals surface area (Å²) in [6.45, 7) is 0.804. The van der Waals surface area contributed by atoms with E-state index in [9.17, 15) is 9.59 Å². The van der Waals surface area contributed by atoms with Gasteiger partial charge in [0.15, 0.2) is 0 Å². The minimum atomic E-state index is -0.806. The van der Waals surface area contributed by atoms with Crippen molar-refractivity contribution in [1.29, 1.82) is 5.41 Å². The second-order valence-electron chi connectivity index (χ2n) is 8.02. The van der Waals surface area contributed by atoms with Crippen LogP contribution in [0.15, 0.2) is 18.2 Å². The van der Waals surface area contributed by atoms with Gasteiger partial charge in [0.05, 0.1) is 11.6 Å². The Morgan fingerprint density at radius 3 is 2.59 bits per heavy atom. The number of nitrogens with two attached hydrogens (primary N) is 2. The average molecular weight is 420 g/mol. The standard InChI is InChI=1S/C21H30ClN5O2/c22-17-11-14(7-8-16(17)19(24)25)13-26-20(29)21(15-5-2-1-3-6-15)9-4-10-27(21)18(28)12-23/h7-8,11,15H,1-6,9-10,12-13,23H2,(H3,24,25)(H,26,29)/t21-/m1/s1. The topological polar surface area (TPSA) is 125 Å². The monoisotopic (exact) mass is 419 g/mol. The van der Waals surface area contributed by atoms with Crippen LogP contribution in [0.4, 0.5) is 0 Å². The van der Waals surface area contributed by atoms with E-state index in [1.165, 1.54) is 6.42 Å². The second-order valence-corrected chi connectivity index (χ2v) is 8.43. The number of nitrogen functional groups attached to an aromatic ring is 1. The van der Waals surface area contributed by atoms with Crippen molar-refractivity contribution in [2.24, 2.45) is 17.4 Å². The normalized spacial score (nSPS) is 22.5. The molecule has 0 radical (unpaired) electrons. The van der Waals surface area contributed by atoms with Gasteiger partial charge in [-0.1, -0.05) is 36.9 Å². The minimum Gasteiger partial charge on any atom is -0.384 e. The summed E-state index contributed by atoms with van der Waals surface area (Å²) in [6.07, 6.45) is 6.77. The molecule has 1 aliphatic heterocycles. The largest absolute Gasteiger partial charge is 0.384 e. The Labute approximate surface area is 176 Å². The molecule has 7 nitrogen and oxygen atoms in total. The summed E-state index contributed by atoms with van der Waals surface area (Å²) < 4.78 is 0. The van der Waals surface area contributed by atoms with E-state index in [0.29, 0.717) is 30.1 Å². The van der Waals surface area contributed by atoms with E-state index in [0.717, 1.165) is 37.7 Å². The summed E-state index contributed by atoms with van der Waals surface area (Å²) in [7, 11) is 0. The highest BCUT2D eigenvalue weighted by atomic mass is 35.5. The molecule has 0 bridgehead atoms. The predicted molar refractivity (Wildman–Crippen MR) is 114 cm³/mol. The smallest absolute Gasteiger partial charge is 0.246 e. The quantitative estimate of drug-likeness (QED) is 0.416. The van der Waals surface area contributed by atoms with E-state index in [-0.39, 0.29) is 30.1 Å². The first-order valence-electron chi connectivity index (χ1n) is 10.3. The van der Waals surface area contributed by atoms with Gasteiger partial charge in [-0.05, 0) is 49.3 Å². The molecule has 8 heteroatoms. The van der Waals surface area contributed by atoms with Gasteiger partial charge in [0.1, 0.15) is 11.4 Å². The van der Waals surface area contributed by atoms with E-state index in [4.69, 9.17) is 28.5 Å². The fourth-order valence-electron chi connectivity index (χ4n) is 4.95. The molecule has 1 aliphatic carbocycles. The summed E-state index contributed by atoms with van der Waals surface area (Å²) >= 11 is 6.20. The zero-order chi connectivity index (χ0) is 21.0. The van der Waals surface area contributed by atoms with E-state index >= 15 is 0 Å². The van der Waals surface area contributed by atoms with Gasteiger partial charge in [0, 0.05) is 18.7 Å². The molecule has 1 heterocycles. The molecule has 6 N–H and O–H groups in total. The average Bonchev–Trinajstić information content (AvgIpc) is 3.18. The zero-order valence-electron chi connectivity index (χ0n) is 16.7. The summed E-state index contributed by atoms with van der Waals surface area (Å²) in [6, 6.07) is 5.19. The number of rotatable bonds is 6. The molecule has 2 fully saturated rings. The molecule has 1 saturated heterocycles. The number of likely N-dealkylation sites (tertiary alicyclic amines) is 1. The van der Waals surface area contributed by atoms with Gasteiger partial charge in [0.2, 0.25) is 11.8 Å². The lowest BCUT2D eigenvalue weighted by atomic mass is 9.72. The van der Waals surface area contributed by atoms with E-state index in [1.54, 1.807) is 23.1 Å². The fourth-order valence-corrected chi connectivity index (χ4v) is 5.25. The van der Waals surface area contributed by atoms with Gasteiger partial charge in [-0.25, -0.2) is 0 Å². The van der Waals surface area contributed by atoms with Crippen LogP contribution in [-0.4, -0.2) is 41.2 Å². The third-order valence-corrected chi connectivity index (χ3v) is 6.66. The zero-order valence-corrected chi connectivity index (χ0v) is 17.4. The van der Waals surface area contributed by atoms with Crippen LogP contribution in [0.25, 0.3) is 0 Å². The lowest BCUT2D eigenvalue weighted by Crippen LogP contribution is -2.62. The van der Waals surface area contributed by atoms with Crippen molar-refractivity contribution in [2.75, 3.05) is 13.1 Å². The van der Waals surface area contributed by atoms with Gasteiger partial charge < -0.3 is 21.7 Å². The molecule has 0 aromatic heterocycles. The Bertz CT molecular complexity index is 793. The highest BCUT2D eigenvalue weighted by Gasteiger charge is 2.54. The maximum Gasteiger partial charge on any atom is 0.246 e. The predicted octanol–water partition coefficient (Wildman–Crippen LogP) is 2.14. The van der Waals surface area contributed by atoms with Crippen molar-refractivity contribution in [3.63, 3.8) is 0 Å². The van der Waals surface area contributed by atoms with E-state index in [2.05, 4.69) is 5.32 Å². The summed E-state index contributed by atoms with van der Waals surface area (Å²) in [5.41, 5.74) is 11.6. The molecule has 1 atom stereocenters. The Morgan fingerprint density at radius 2 is 1.97 bits per heavy atom. The van der Waals surface area contributed by atoms with Crippen molar-refractivity contribution in [1.82, 2.24) is 10.2 Å². The number of amidine groups is 1. The molecule has 3 rings (SSSR count). The SMILES string of the molecule is N=C(N)c1ccc(CNC(=O)[C@]2(C3CCCCC3)CCCN2C(=O)CN)cc1Cl. The first-order valence-corrected chi connectivity index (χ1v) is 10.7. The maximum atomic E-state index is 13.5.